The highest BCUT2D eigenvalue weighted by molar-refractivity contribution is 5.02. The van der Waals surface area contributed by atoms with E-state index in [0.29, 0.717) is 0 Å². The molecule has 1 atom stereocenters. The van der Waals surface area contributed by atoms with Crippen molar-refractivity contribution >= 4 is 0 Å². The Bertz CT molecular complexity index is 163. The van der Waals surface area contributed by atoms with Crippen LogP contribution in [0.3, 0.4) is 0 Å². The zero-order valence-electron chi connectivity index (χ0n) is 10.9. The van der Waals surface area contributed by atoms with Crippen molar-refractivity contribution in [3.8, 4) is 0 Å². The van der Waals surface area contributed by atoms with Gasteiger partial charge in [0.2, 0.25) is 0 Å². The molecule has 0 aliphatic heterocycles. The van der Waals surface area contributed by atoms with Crippen LogP contribution in [-0.4, -0.2) is 0 Å². The fraction of sp³-hybridized carbons (Fsp3) is 0.857. The Kier molecular flexibility index (Phi) is 6.96. The van der Waals surface area contributed by atoms with Crippen molar-refractivity contribution in [1.82, 2.24) is 0 Å². The minimum Gasteiger partial charge on any atom is -0.0851 e. The molecule has 0 aromatic heterocycles. The average Bonchev–Trinajstić information content (AvgIpc) is 2.09. The molecule has 0 saturated carbocycles. The second kappa shape index (κ2) is 7.09. The summed E-state index contributed by atoms with van der Waals surface area (Å²) in [6.45, 7) is 13.8. The molecule has 84 valence electrons. The van der Waals surface area contributed by atoms with Gasteiger partial charge in [-0.25, -0.2) is 0 Å². The highest BCUT2D eigenvalue weighted by Gasteiger charge is 2.05. The summed E-state index contributed by atoms with van der Waals surface area (Å²) in [7, 11) is 0. The first-order valence-electron chi connectivity index (χ1n) is 6.10. The van der Waals surface area contributed by atoms with Gasteiger partial charge in [-0.05, 0) is 37.5 Å². The van der Waals surface area contributed by atoms with E-state index >= 15 is 0 Å². The predicted octanol–water partition coefficient (Wildman–Crippen LogP) is 5.05. The highest BCUT2D eigenvalue weighted by Crippen LogP contribution is 2.20. The minimum absolute atomic E-state index is 0.774. The molecule has 0 fully saturated rings. The molecule has 14 heavy (non-hydrogen) atoms. The van der Waals surface area contributed by atoms with Gasteiger partial charge in [0, 0.05) is 0 Å². The topological polar surface area (TPSA) is 0 Å². The van der Waals surface area contributed by atoms with Crippen molar-refractivity contribution in [2.45, 2.75) is 60.8 Å². The molecule has 0 aliphatic rings. The summed E-state index contributed by atoms with van der Waals surface area (Å²) >= 11 is 0. The maximum absolute atomic E-state index is 2.43. The molecule has 0 aliphatic carbocycles. The molecule has 0 nitrogen and oxygen atoms in total. The summed E-state index contributed by atoms with van der Waals surface area (Å²) in [6, 6.07) is 0. The van der Waals surface area contributed by atoms with E-state index in [-0.39, 0.29) is 0 Å². The average molecular weight is 196 g/mol. The van der Waals surface area contributed by atoms with Gasteiger partial charge in [-0.1, -0.05) is 52.7 Å². The number of hydrogen-bond donors (Lipinski definition) is 0. The summed E-state index contributed by atoms with van der Waals surface area (Å²) in [5.41, 5.74) is 1.58. The number of rotatable bonds is 6. The molecule has 0 aromatic carbocycles. The lowest BCUT2D eigenvalue weighted by molar-refractivity contribution is 0.487. The van der Waals surface area contributed by atoms with Gasteiger partial charge in [0.25, 0.3) is 0 Å². The molecule has 0 saturated heterocycles. The fourth-order valence-electron chi connectivity index (χ4n) is 1.43. The smallest absolute Gasteiger partial charge is 0.0234 e. The molecule has 0 spiro atoms. The Hall–Kier alpha value is -0.260. The van der Waals surface area contributed by atoms with E-state index in [9.17, 15) is 0 Å². The second-order valence-corrected chi connectivity index (χ2v) is 5.45. The van der Waals surface area contributed by atoms with Crippen LogP contribution < -0.4 is 0 Å². The zero-order valence-corrected chi connectivity index (χ0v) is 10.9. The Morgan fingerprint density at radius 3 is 1.93 bits per heavy atom. The van der Waals surface area contributed by atoms with Gasteiger partial charge in [0.1, 0.15) is 0 Å². The van der Waals surface area contributed by atoms with Crippen LogP contribution in [0.4, 0.5) is 0 Å². The maximum Gasteiger partial charge on any atom is -0.0234 e. The molecule has 0 heteroatoms. The van der Waals surface area contributed by atoms with Gasteiger partial charge in [-0.15, -0.1) is 0 Å². The van der Waals surface area contributed by atoms with Crippen LogP contribution in [0.2, 0.25) is 0 Å². The molecule has 1 unspecified atom stereocenters. The SMILES string of the molecule is C/C(=C\CC(C)C)C(C)CCC(C)C. The fourth-order valence-corrected chi connectivity index (χ4v) is 1.43. The van der Waals surface area contributed by atoms with Gasteiger partial charge in [0.15, 0.2) is 0 Å². The Balaban J connectivity index is 3.85. The summed E-state index contributed by atoms with van der Waals surface area (Å²) in [4.78, 5) is 0. The third kappa shape index (κ3) is 7.17. The molecule has 0 amide bonds. The molecule has 0 bridgehead atoms. The van der Waals surface area contributed by atoms with Gasteiger partial charge in [0.05, 0.1) is 0 Å². The van der Waals surface area contributed by atoms with Gasteiger partial charge in [-0.3, -0.25) is 0 Å². The van der Waals surface area contributed by atoms with E-state index in [4.69, 9.17) is 0 Å². The largest absolute Gasteiger partial charge is 0.0851 e. The molecule has 0 rings (SSSR count). The third-order valence-corrected chi connectivity index (χ3v) is 2.87. The van der Waals surface area contributed by atoms with E-state index < -0.39 is 0 Å². The quantitative estimate of drug-likeness (QED) is 0.521. The van der Waals surface area contributed by atoms with Gasteiger partial charge in [-0.2, -0.15) is 0 Å². The van der Waals surface area contributed by atoms with E-state index in [2.05, 4.69) is 47.6 Å². The maximum atomic E-state index is 2.43. The van der Waals surface area contributed by atoms with Crippen LogP contribution in [0.15, 0.2) is 11.6 Å². The molecule has 0 radical (unpaired) electrons. The van der Waals surface area contributed by atoms with Gasteiger partial charge < -0.3 is 0 Å². The monoisotopic (exact) mass is 196 g/mol. The lowest BCUT2D eigenvalue weighted by Crippen LogP contribution is -2.00. The minimum atomic E-state index is 0.774. The molecular formula is C14H28. The van der Waals surface area contributed by atoms with E-state index in [1.165, 1.54) is 19.3 Å². The number of allylic oxidation sites excluding steroid dienone is 2. The lowest BCUT2D eigenvalue weighted by Gasteiger charge is -2.14. The molecule has 0 aromatic rings. The van der Waals surface area contributed by atoms with Crippen LogP contribution in [0.25, 0.3) is 0 Å². The van der Waals surface area contributed by atoms with E-state index in [1.54, 1.807) is 5.57 Å². The van der Waals surface area contributed by atoms with Crippen molar-refractivity contribution in [3.63, 3.8) is 0 Å². The van der Waals surface area contributed by atoms with Crippen molar-refractivity contribution < 1.29 is 0 Å². The van der Waals surface area contributed by atoms with Crippen molar-refractivity contribution in [3.05, 3.63) is 11.6 Å². The van der Waals surface area contributed by atoms with E-state index in [0.717, 1.165) is 17.8 Å². The Morgan fingerprint density at radius 1 is 0.929 bits per heavy atom. The molecular weight excluding hydrogens is 168 g/mol. The van der Waals surface area contributed by atoms with Crippen molar-refractivity contribution in [2.24, 2.45) is 17.8 Å². The normalized spacial score (nSPS) is 15.3. The zero-order chi connectivity index (χ0) is 11.1. The van der Waals surface area contributed by atoms with Crippen LogP contribution in [0.1, 0.15) is 60.8 Å². The predicted molar refractivity (Wildman–Crippen MR) is 66.4 cm³/mol. The van der Waals surface area contributed by atoms with Crippen molar-refractivity contribution in [1.29, 1.82) is 0 Å². The highest BCUT2D eigenvalue weighted by atomic mass is 14.1. The van der Waals surface area contributed by atoms with Crippen molar-refractivity contribution in [2.75, 3.05) is 0 Å². The summed E-state index contributed by atoms with van der Waals surface area (Å²) < 4.78 is 0. The van der Waals surface area contributed by atoms with E-state index in [1.807, 2.05) is 0 Å². The Labute approximate surface area is 90.8 Å². The summed E-state index contributed by atoms with van der Waals surface area (Å²) in [5.74, 6) is 2.41. The lowest BCUT2D eigenvalue weighted by atomic mass is 9.92. The second-order valence-electron chi connectivity index (χ2n) is 5.45. The summed E-state index contributed by atoms with van der Waals surface area (Å²) in [6.07, 6.45) is 6.36. The third-order valence-electron chi connectivity index (χ3n) is 2.87. The first kappa shape index (κ1) is 13.7. The van der Waals surface area contributed by atoms with Crippen LogP contribution in [0.5, 0.6) is 0 Å². The van der Waals surface area contributed by atoms with Gasteiger partial charge >= 0.3 is 0 Å². The molecule has 0 heterocycles. The molecule has 0 N–H and O–H groups in total. The number of hydrogen-bond acceptors (Lipinski definition) is 0. The van der Waals surface area contributed by atoms with Crippen LogP contribution in [-0.2, 0) is 0 Å². The standard InChI is InChI=1S/C14H28/c1-11(2)7-9-13(5)14(6)10-8-12(3)4/h9,11-12,14H,7-8,10H2,1-6H3/b13-9+. The van der Waals surface area contributed by atoms with Crippen LogP contribution in [0, 0.1) is 17.8 Å². The summed E-state index contributed by atoms with van der Waals surface area (Å²) in [5, 5.41) is 0. The Morgan fingerprint density at radius 2 is 1.50 bits per heavy atom. The van der Waals surface area contributed by atoms with Crippen LogP contribution >= 0.6 is 0 Å². The first-order chi connectivity index (χ1) is 6.43. The first-order valence-corrected chi connectivity index (χ1v) is 6.10.